The van der Waals surface area contributed by atoms with Gasteiger partial charge in [0.15, 0.2) is 6.61 Å². The van der Waals surface area contributed by atoms with Crippen LogP contribution in [0.5, 0.6) is 5.75 Å². The van der Waals surface area contributed by atoms with Gasteiger partial charge in [-0.3, -0.25) is 9.59 Å². The fourth-order valence-electron chi connectivity index (χ4n) is 2.09. The molecule has 25 heavy (non-hydrogen) atoms. The van der Waals surface area contributed by atoms with Gasteiger partial charge < -0.3 is 19.6 Å². The molecule has 0 radical (unpaired) electrons. The van der Waals surface area contributed by atoms with Crippen molar-refractivity contribution in [2.24, 2.45) is 0 Å². The first-order valence-corrected chi connectivity index (χ1v) is 7.05. The van der Waals surface area contributed by atoms with Crippen molar-refractivity contribution in [1.82, 2.24) is 0 Å². The molecule has 1 aromatic heterocycles. The highest BCUT2D eigenvalue weighted by atomic mass is 19.4. The number of aliphatic carboxylic acids is 1. The second kappa shape index (κ2) is 7.29. The van der Waals surface area contributed by atoms with Crippen LogP contribution in [0.3, 0.4) is 0 Å². The van der Waals surface area contributed by atoms with Crippen LogP contribution in [0.15, 0.2) is 34.9 Å². The molecule has 134 valence electrons. The van der Waals surface area contributed by atoms with Gasteiger partial charge in [0, 0.05) is 17.3 Å². The summed E-state index contributed by atoms with van der Waals surface area (Å²) in [5.74, 6) is -1.86. The van der Waals surface area contributed by atoms with Crippen molar-refractivity contribution < 1.29 is 37.0 Å². The number of amides is 1. The highest BCUT2D eigenvalue weighted by Gasteiger charge is 2.28. The summed E-state index contributed by atoms with van der Waals surface area (Å²) in [5.41, 5.74) is 0.716. The lowest BCUT2D eigenvalue weighted by molar-refractivity contribution is -0.153. The number of ether oxygens (including phenoxy) is 1. The number of hydrogen-bond donors (Lipinski definition) is 2. The third-order valence-corrected chi connectivity index (χ3v) is 3.08. The summed E-state index contributed by atoms with van der Waals surface area (Å²) < 4.78 is 46.2. The molecule has 0 saturated heterocycles. The Kier molecular flexibility index (Phi) is 5.35. The van der Waals surface area contributed by atoms with Crippen LogP contribution in [0.4, 0.5) is 18.9 Å². The molecule has 0 atom stereocenters. The number of furan rings is 1. The molecule has 2 N–H and O–H groups in total. The minimum Gasteiger partial charge on any atom is -0.484 e. The van der Waals surface area contributed by atoms with Gasteiger partial charge in [-0.2, -0.15) is 13.2 Å². The van der Waals surface area contributed by atoms with Crippen molar-refractivity contribution in [3.05, 3.63) is 47.4 Å². The number of nitrogens with one attached hydrogen (secondary N) is 1. The molecule has 2 aromatic rings. The SMILES string of the molecule is Cc1coc(CC(=O)O)c1C(=O)Nc1cccc(OCC(F)(F)F)c1. The average molecular weight is 357 g/mol. The Bertz CT molecular complexity index is 782. The maximum absolute atomic E-state index is 12.3. The quantitative estimate of drug-likeness (QED) is 0.827. The van der Waals surface area contributed by atoms with E-state index in [0.717, 1.165) is 0 Å². The number of rotatable bonds is 6. The van der Waals surface area contributed by atoms with E-state index >= 15 is 0 Å². The number of benzene rings is 1. The van der Waals surface area contributed by atoms with Gasteiger partial charge in [0.1, 0.15) is 17.9 Å². The number of carboxylic acids is 1. The highest BCUT2D eigenvalue weighted by molar-refractivity contribution is 6.06. The molecule has 0 saturated carbocycles. The van der Waals surface area contributed by atoms with Crippen LogP contribution in [0.1, 0.15) is 21.7 Å². The molecule has 0 aliphatic rings. The van der Waals surface area contributed by atoms with Crippen molar-refractivity contribution in [1.29, 1.82) is 0 Å². The van der Waals surface area contributed by atoms with Gasteiger partial charge in [-0.05, 0) is 19.1 Å². The predicted octanol–water partition coefficient (Wildman–Crippen LogP) is 3.41. The van der Waals surface area contributed by atoms with E-state index in [2.05, 4.69) is 10.1 Å². The molecule has 1 aromatic carbocycles. The number of anilines is 1. The van der Waals surface area contributed by atoms with Gasteiger partial charge in [-0.1, -0.05) is 6.07 Å². The number of carbonyl (C=O) groups is 2. The lowest BCUT2D eigenvalue weighted by atomic mass is 10.1. The van der Waals surface area contributed by atoms with Gasteiger partial charge in [-0.15, -0.1) is 0 Å². The second-order valence-electron chi connectivity index (χ2n) is 5.17. The van der Waals surface area contributed by atoms with E-state index in [1.165, 1.54) is 30.5 Å². The minimum atomic E-state index is -4.47. The Morgan fingerprint density at radius 1 is 1.32 bits per heavy atom. The lowest BCUT2D eigenvalue weighted by Crippen LogP contribution is -2.19. The topological polar surface area (TPSA) is 88.8 Å². The maximum atomic E-state index is 12.3. The summed E-state index contributed by atoms with van der Waals surface area (Å²) in [6.45, 7) is 0.126. The van der Waals surface area contributed by atoms with E-state index in [1.807, 2.05) is 0 Å². The molecule has 6 nitrogen and oxygen atoms in total. The van der Waals surface area contributed by atoms with Crippen molar-refractivity contribution in [3.8, 4) is 5.75 Å². The molecule has 1 amide bonds. The fourth-order valence-corrected chi connectivity index (χ4v) is 2.09. The highest BCUT2D eigenvalue weighted by Crippen LogP contribution is 2.23. The first-order valence-electron chi connectivity index (χ1n) is 7.05. The second-order valence-corrected chi connectivity index (χ2v) is 5.17. The van der Waals surface area contributed by atoms with Crippen molar-refractivity contribution in [2.45, 2.75) is 19.5 Å². The predicted molar refractivity (Wildman–Crippen MR) is 80.7 cm³/mol. The van der Waals surface area contributed by atoms with Crippen LogP contribution in [0.2, 0.25) is 0 Å². The van der Waals surface area contributed by atoms with E-state index in [9.17, 15) is 22.8 Å². The summed E-state index contributed by atoms with van der Waals surface area (Å²) in [6, 6.07) is 5.43. The van der Waals surface area contributed by atoms with Crippen molar-refractivity contribution in [3.63, 3.8) is 0 Å². The zero-order valence-corrected chi connectivity index (χ0v) is 13.0. The fraction of sp³-hybridized carbons (Fsp3) is 0.250. The molecule has 2 rings (SSSR count). The van der Waals surface area contributed by atoms with E-state index in [0.29, 0.717) is 5.56 Å². The Hall–Kier alpha value is -2.97. The monoisotopic (exact) mass is 357 g/mol. The van der Waals surface area contributed by atoms with Gasteiger partial charge >= 0.3 is 12.1 Å². The van der Waals surface area contributed by atoms with Crippen LogP contribution < -0.4 is 10.1 Å². The number of halogens is 3. The zero-order valence-electron chi connectivity index (χ0n) is 13.0. The van der Waals surface area contributed by atoms with Crippen molar-refractivity contribution >= 4 is 17.6 Å². The van der Waals surface area contributed by atoms with Crippen molar-refractivity contribution in [2.75, 3.05) is 11.9 Å². The molecule has 0 spiro atoms. The summed E-state index contributed by atoms with van der Waals surface area (Å²) in [5, 5.41) is 11.3. The number of aryl methyl sites for hydroxylation is 1. The Balaban J connectivity index is 2.13. The van der Waals surface area contributed by atoms with Crippen LogP contribution >= 0.6 is 0 Å². The first kappa shape index (κ1) is 18.4. The normalized spacial score (nSPS) is 11.2. The largest absolute Gasteiger partial charge is 0.484 e. The van der Waals surface area contributed by atoms with Crippen LogP contribution in [0.25, 0.3) is 0 Å². The number of carboxylic acid groups (broad SMARTS) is 1. The van der Waals surface area contributed by atoms with Gasteiger partial charge in [0.05, 0.1) is 11.8 Å². The van der Waals surface area contributed by atoms with Crippen LogP contribution in [-0.2, 0) is 11.2 Å². The number of alkyl halides is 3. The zero-order chi connectivity index (χ0) is 18.6. The summed E-state index contributed by atoms with van der Waals surface area (Å²) in [6.07, 6.45) is -3.68. The standard InChI is InChI=1S/C16H14F3NO5/c1-9-7-24-12(6-13(21)22)14(9)15(23)20-10-3-2-4-11(5-10)25-8-16(17,18)19/h2-5,7H,6,8H2,1H3,(H,20,23)(H,21,22). The molecule has 0 aliphatic carbocycles. The van der Waals surface area contributed by atoms with E-state index in [-0.39, 0.29) is 22.8 Å². The molecule has 0 fully saturated rings. The molecule has 0 unspecified atom stereocenters. The minimum absolute atomic E-state index is 0.00743. The summed E-state index contributed by atoms with van der Waals surface area (Å²) in [4.78, 5) is 23.2. The first-order chi connectivity index (χ1) is 11.7. The molecular weight excluding hydrogens is 343 g/mol. The lowest BCUT2D eigenvalue weighted by Gasteiger charge is -2.11. The number of carbonyl (C=O) groups excluding carboxylic acids is 1. The van der Waals surface area contributed by atoms with E-state index in [1.54, 1.807) is 6.92 Å². The van der Waals surface area contributed by atoms with Gasteiger partial charge in [-0.25, -0.2) is 0 Å². The van der Waals surface area contributed by atoms with E-state index < -0.39 is 31.1 Å². The summed E-state index contributed by atoms with van der Waals surface area (Å²) in [7, 11) is 0. The van der Waals surface area contributed by atoms with E-state index in [4.69, 9.17) is 9.52 Å². The van der Waals surface area contributed by atoms with Crippen LogP contribution in [-0.4, -0.2) is 29.8 Å². The smallest absolute Gasteiger partial charge is 0.422 e. The molecule has 1 heterocycles. The maximum Gasteiger partial charge on any atom is 0.422 e. The van der Waals surface area contributed by atoms with Crippen LogP contribution in [0, 0.1) is 6.92 Å². The molecule has 9 heteroatoms. The van der Waals surface area contributed by atoms with Gasteiger partial charge in [0.25, 0.3) is 5.91 Å². The Morgan fingerprint density at radius 3 is 2.68 bits per heavy atom. The molecule has 0 aliphatic heterocycles. The third-order valence-electron chi connectivity index (χ3n) is 3.08. The molecule has 0 bridgehead atoms. The average Bonchev–Trinajstić information content (AvgIpc) is 2.85. The Labute approximate surface area is 140 Å². The summed E-state index contributed by atoms with van der Waals surface area (Å²) >= 11 is 0. The molecular formula is C16H14F3NO5. The van der Waals surface area contributed by atoms with Gasteiger partial charge in [0.2, 0.25) is 0 Å². The third kappa shape index (κ3) is 5.27. The Morgan fingerprint density at radius 2 is 2.04 bits per heavy atom. The number of hydrogen-bond acceptors (Lipinski definition) is 4.